The summed E-state index contributed by atoms with van der Waals surface area (Å²) in [4.78, 5) is 12.8. The SMILES string of the molecule is Cc1cc(C2CC(=O)c3c(O)cc(O)cc3O2)cc(O[C@@H]2O[C@H](C)[C@H](O[C@@H]3O[C@H](CO)[C@@H](O)[C@@H](O)[C@H]3O)[C@@H](O)[C@H]2O)c1O. The van der Waals surface area contributed by atoms with E-state index in [9.17, 15) is 50.8 Å². The minimum atomic E-state index is -1.76. The fourth-order valence-electron chi connectivity index (χ4n) is 5.41. The fraction of sp³-hybridized carbons (Fsp3) is 0.536. The van der Waals surface area contributed by atoms with E-state index in [1.165, 1.54) is 19.1 Å². The minimum absolute atomic E-state index is 0.0274. The molecule has 15 nitrogen and oxygen atoms in total. The largest absolute Gasteiger partial charge is 0.508 e. The number of benzene rings is 2. The maximum Gasteiger partial charge on any atom is 0.229 e. The number of hydrogen-bond acceptors (Lipinski definition) is 15. The van der Waals surface area contributed by atoms with Gasteiger partial charge in [-0.2, -0.15) is 0 Å². The Morgan fingerprint density at radius 3 is 2.28 bits per heavy atom. The van der Waals surface area contributed by atoms with Crippen molar-refractivity contribution < 1.29 is 74.4 Å². The summed E-state index contributed by atoms with van der Waals surface area (Å²) in [5.41, 5.74) is 0.633. The van der Waals surface area contributed by atoms with Crippen molar-refractivity contribution in [3.63, 3.8) is 0 Å². The van der Waals surface area contributed by atoms with Gasteiger partial charge in [0.1, 0.15) is 71.6 Å². The van der Waals surface area contributed by atoms with Gasteiger partial charge in [-0.15, -0.1) is 0 Å². The van der Waals surface area contributed by atoms with Gasteiger partial charge in [-0.05, 0) is 37.1 Å². The third-order valence-electron chi connectivity index (χ3n) is 7.80. The summed E-state index contributed by atoms with van der Waals surface area (Å²) >= 11 is 0. The first-order chi connectivity index (χ1) is 20.3. The molecule has 0 spiro atoms. The molecule has 1 unspecified atom stereocenters. The van der Waals surface area contributed by atoms with Gasteiger partial charge < -0.3 is 69.6 Å². The summed E-state index contributed by atoms with van der Waals surface area (Å²) in [7, 11) is 0. The molecule has 3 aliphatic rings. The highest BCUT2D eigenvalue weighted by Crippen LogP contribution is 2.44. The first kappa shape index (κ1) is 31.2. The summed E-state index contributed by atoms with van der Waals surface area (Å²) < 4.78 is 28.3. The summed E-state index contributed by atoms with van der Waals surface area (Å²) in [6.07, 6.45) is -16.3. The molecule has 2 aromatic rings. The third kappa shape index (κ3) is 5.83. The zero-order valence-electron chi connectivity index (χ0n) is 23.0. The van der Waals surface area contributed by atoms with Gasteiger partial charge in [-0.1, -0.05) is 0 Å². The van der Waals surface area contributed by atoms with Gasteiger partial charge in [-0.25, -0.2) is 0 Å². The second-order valence-corrected chi connectivity index (χ2v) is 10.9. The fourth-order valence-corrected chi connectivity index (χ4v) is 5.41. The van der Waals surface area contributed by atoms with Crippen LogP contribution in [0, 0.1) is 6.92 Å². The van der Waals surface area contributed by atoms with Crippen LogP contribution in [0.2, 0.25) is 0 Å². The summed E-state index contributed by atoms with van der Waals surface area (Å²) in [6.45, 7) is 2.33. The van der Waals surface area contributed by atoms with Crippen LogP contribution in [0.3, 0.4) is 0 Å². The minimum Gasteiger partial charge on any atom is -0.508 e. The van der Waals surface area contributed by atoms with Crippen molar-refractivity contribution in [3.05, 3.63) is 41.0 Å². The van der Waals surface area contributed by atoms with Crippen LogP contribution < -0.4 is 9.47 Å². The molecule has 0 amide bonds. The van der Waals surface area contributed by atoms with Gasteiger partial charge in [0.15, 0.2) is 23.6 Å². The average Bonchev–Trinajstić information content (AvgIpc) is 2.95. The lowest BCUT2D eigenvalue weighted by molar-refractivity contribution is -0.348. The first-order valence-electron chi connectivity index (χ1n) is 13.5. The molecule has 0 bridgehead atoms. The van der Waals surface area contributed by atoms with Crippen molar-refractivity contribution in [2.24, 2.45) is 0 Å². The second kappa shape index (κ2) is 12.0. The quantitative estimate of drug-likeness (QED) is 0.187. The van der Waals surface area contributed by atoms with E-state index in [2.05, 4.69) is 0 Å². The Morgan fingerprint density at radius 2 is 1.58 bits per heavy atom. The lowest BCUT2D eigenvalue weighted by Crippen LogP contribution is -2.64. The number of aliphatic hydroxyl groups is 6. The number of ether oxygens (including phenoxy) is 5. The number of rotatable bonds is 6. The van der Waals surface area contributed by atoms with Crippen molar-refractivity contribution in [1.29, 1.82) is 0 Å². The van der Waals surface area contributed by atoms with Crippen LogP contribution in [0.15, 0.2) is 24.3 Å². The number of fused-ring (bicyclic) bond motifs is 1. The normalized spacial score (nSPS) is 36.1. The summed E-state index contributed by atoms with van der Waals surface area (Å²) in [5, 5.41) is 92.0. The van der Waals surface area contributed by atoms with E-state index in [4.69, 9.17) is 23.7 Å². The molecule has 2 fully saturated rings. The molecule has 0 saturated carbocycles. The molecule has 11 atom stereocenters. The zero-order valence-corrected chi connectivity index (χ0v) is 23.0. The van der Waals surface area contributed by atoms with Crippen molar-refractivity contribution in [3.8, 4) is 28.7 Å². The smallest absolute Gasteiger partial charge is 0.229 e. The zero-order chi connectivity index (χ0) is 31.3. The van der Waals surface area contributed by atoms with Crippen LogP contribution in [0.4, 0.5) is 0 Å². The predicted octanol–water partition coefficient (Wildman–Crippen LogP) is -1.15. The molecule has 3 heterocycles. The summed E-state index contributed by atoms with van der Waals surface area (Å²) in [6, 6.07) is 5.13. The molecular formula is C28H34O15. The Morgan fingerprint density at radius 1 is 0.884 bits per heavy atom. The monoisotopic (exact) mass is 610 g/mol. The predicted molar refractivity (Wildman–Crippen MR) is 141 cm³/mol. The number of aromatic hydroxyl groups is 3. The van der Waals surface area contributed by atoms with Crippen LogP contribution in [0.25, 0.3) is 0 Å². The number of hydrogen-bond donors (Lipinski definition) is 9. The van der Waals surface area contributed by atoms with E-state index >= 15 is 0 Å². The van der Waals surface area contributed by atoms with E-state index in [0.29, 0.717) is 11.1 Å². The topological polar surface area (TPSA) is 245 Å². The number of carbonyl (C=O) groups is 1. The number of phenolic OH excluding ortho intramolecular Hbond substituents is 3. The van der Waals surface area contributed by atoms with E-state index in [1.54, 1.807) is 13.0 Å². The van der Waals surface area contributed by atoms with Crippen molar-refractivity contribution >= 4 is 5.78 Å². The number of carbonyl (C=O) groups excluding carboxylic acids is 1. The molecule has 0 aliphatic carbocycles. The number of aliphatic hydroxyl groups excluding tert-OH is 6. The van der Waals surface area contributed by atoms with Crippen molar-refractivity contribution in [1.82, 2.24) is 0 Å². The van der Waals surface area contributed by atoms with Gasteiger partial charge in [0, 0.05) is 12.1 Å². The Labute approximate surface area is 244 Å². The van der Waals surface area contributed by atoms with Gasteiger partial charge >= 0.3 is 0 Å². The molecule has 2 saturated heterocycles. The van der Waals surface area contributed by atoms with Gasteiger partial charge in [0.25, 0.3) is 0 Å². The molecule has 9 N–H and O–H groups in total. The molecule has 2 aromatic carbocycles. The van der Waals surface area contributed by atoms with Crippen LogP contribution in [0.1, 0.15) is 40.9 Å². The highest BCUT2D eigenvalue weighted by atomic mass is 16.7. The highest BCUT2D eigenvalue weighted by Gasteiger charge is 2.50. The van der Waals surface area contributed by atoms with Crippen LogP contribution in [-0.4, -0.2) is 120 Å². The van der Waals surface area contributed by atoms with E-state index in [1.807, 2.05) is 0 Å². The number of ketones is 1. The molecule has 43 heavy (non-hydrogen) atoms. The van der Waals surface area contributed by atoms with E-state index in [-0.39, 0.29) is 35.0 Å². The van der Waals surface area contributed by atoms with E-state index in [0.717, 1.165) is 6.07 Å². The van der Waals surface area contributed by atoms with Crippen LogP contribution >= 0.6 is 0 Å². The lowest BCUT2D eigenvalue weighted by atomic mass is 9.94. The van der Waals surface area contributed by atoms with Crippen molar-refractivity contribution in [2.45, 2.75) is 87.8 Å². The molecular weight excluding hydrogens is 576 g/mol. The highest BCUT2D eigenvalue weighted by molar-refractivity contribution is 6.02. The molecule has 236 valence electrons. The summed E-state index contributed by atoms with van der Waals surface area (Å²) in [5.74, 6) is -1.69. The molecule has 3 aliphatic heterocycles. The third-order valence-corrected chi connectivity index (χ3v) is 7.80. The van der Waals surface area contributed by atoms with Crippen LogP contribution in [-0.2, 0) is 14.2 Å². The Bertz CT molecular complexity index is 1350. The Balaban J connectivity index is 1.32. The second-order valence-electron chi connectivity index (χ2n) is 10.9. The maximum absolute atomic E-state index is 12.8. The standard InChI is InChI=1S/C28H34O15/c1-9-3-11(15-7-14(32)19-13(31)5-12(30)6-16(19)40-15)4-17(20(9)33)41-27-25(38)23(36)26(10(2)39-27)43-28-24(37)22(35)21(34)18(8-29)42-28/h3-6,10,15,18,21-31,33-38H,7-8H2,1-2H3/t10-,15?,18-,21-,22-,23+,24-,25-,26+,27+,28+/m1/s1. The lowest BCUT2D eigenvalue weighted by Gasteiger charge is -2.45. The Hall–Kier alpha value is -3.25. The van der Waals surface area contributed by atoms with Gasteiger partial charge in [0.2, 0.25) is 6.29 Å². The first-order valence-corrected chi connectivity index (χ1v) is 13.5. The van der Waals surface area contributed by atoms with Crippen molar-refractivity contribution in [2.75, 3.05) is 6.61 Å². The molecule has 5 rings (SSSR count). The molecule has 15 heteroatoms. The molecule has 0 radical (unpaired) electrons. The Kier molecular flexibility index (Phi) is 8.72. The maximum atomic E-state index is 12.8. The van der Waals surface area contributed by atoms with E-state index < -0.39 is 85.7 Å². The number of Topliss-reactive ketones (excluding diaryl/α,β-unsaturated/α-hetero) is 1. The van der Waals surface area contributed by atoms with Gasteiger partial charge in [0.05, 0.1) is 19.1 Å². The number of phenols is 3. The van der Waals surface area contributed by atoms with Crippen LogP contribution in [0.5, 0.6) is 28.7 Å². The molecule has 0 aromatic heterocycles. The van der Waals surface area contributed by atoms with Gasteiger partial charge in [-0.3, -0.25) is 4.79 Å². The average molecular weight is 611 g/mol. The number of aryl methyl sites for hydroxylation is 1.